The summed E-state index contributed by atoms with van der Waals surface area (Å²) in [5.41, 5.74) is 1.22. The van der Waals surface area contributed by atoms with Gasteiger partial charge in [-0.05, 0) is 13.0 Å². The van der Waals surface area contributed by atoms with Gasteiger partial charge in [0.2, 0.25) is 0 Å². The number of carbonyl (C=O) groups is 1. The molecule has 1 aromatic rings. The van der Waals surface area contributed by atoms with Crippen molar-refractivity contribution in [3.63, 3.8) is 0 Å². The largest absolute Gasteiger partial charge is 0.465 e. The van der Waals surface area contributed by atoms with Crippen molar-refractivity contribution < 1.29 is 9.53 Å². The molecule has 1 aromatic heterocycles. The minimum absolute atomic E-state index is 0.371. The van der Waals surface area contributed by atoms with E-state index in [0.717, 1.165) is 12.2 Å². The van der Waals surface area contributed by atoms with Crippen LogP contribution in [0.1, 0.15) is 17.3 Å². The predicted molar refractivity (Wildman–Crippen MR) is 49.7 cm³/mol. The van der Waals surface area contributed by atoms with Crippen LogP contribution in [0, 0.1) is 0 Å². The fourth-order valence-corrected chi connectivity index (χ4v) is 1.01. The van der Waals surface area contributed by atoms with Crippen molar-refractivity contribution in [1.82, 2.24) is 4.98 Å². The quantitative estimate of drug-likeness (QED) is 0.712. The van der Waals surface area contributed by atoms with Crippen LogP contribution in [-0.4, -0.2) is 24.6 Å². The van der Waals surface area contributed by atoms with E-state index in [1.807, 2.05) is 6.92 Å². The van der Waals surface area contributed by atoms with E-state index in [1.165, 1.54) is 13.3 Å². The van der Waals surface area contributed by atoms with Crippen LogP contribution in [0.25, 0.3) is 0 Å². The van der Waals surface area contributed by atoms with Gasteiger partial charge >= 0.3 is 5.97 Å². The number of methoxy groups -OCH3 is 1. The van der Waals surface area contributed by atoms with Crippen molar-refractivity contribution in [1.29, 1.82) is 0 Å². The van der Waals surface area contributed by atoms with Gasteiger partial charge in [0.15, 0.2) is 0 Å². The van der Waals surface area contributed by atoms with Crippen molar-refractivity contribution in [3.05, 3.63) is 24.0 Å². The van der Waals surface area contributed by atoms with E-state index < -0.39 is 0 Å². The molecule has 0 bridgehead atoms. The van der Waals surface area contributed by atoms with Crippen LogP contribution < -0.4 is 5.32 Å². The molecule has 0 aromatic carbocycles. The summed E-state index contributed by atoms with van der Waals surface area (Å²) in [7, 11) is 1.35. The Morgan fingerprint density at radius 2 is 2.46 bits per heavy atom. The smallest absolute Gasteiger partial charge is 0.341 e. The lowest BCUT2D eigenvalue weighted by atomic mass is 10.2. The van der Waals surface area contributed by atoms with Gasteiger partial charge in [-0.25, -0.2) is 4.79 Å². The van der Waals surface area contributed by atoms with Crippen molar-refractivity contribution in [2.24, 2.45) is 0 Å². The molecule has 0 spiro atoms. The first-order chi connectivity index (χ1) is 6.29. The fourth-order valence-electron chi connectivity index (χ4n) is 1.01. The van der Waals surface area contributed by atoms with Gasteiger partial charge in [0, 0.05) is 18.9 Å². The lowest BCUT2D eigenvalue weighted by Crippen LogP contribution is -2.08. The van der Waals surface area contributed by atoms with Gasteiger partial charge in [-0.15, -0.1) is 0 Å². The minimum atomic E-state index is -0.371. The molecule has 0 fully saturated rings. The van der Waals surface area contributed by atoms with Gasteiger partial charge in [0.1, 0.15) is 5.56 Å². The van der Waals surface area contributed by atoms with Gasteiger partial charge in [0.05, 0.1) is 12.8 Å². The highest BCUT2D eigenvalue weighted by atomic mass is 16.5. The van der Waals surface area contributed by atoms with Crippen molar-refractivity contribution in [2.75, 3.05) is 19.0 Å². The van der Waals surface area contributed by atoms with Crippen LogP contribution in [0.3, 0.4) is 0 Å². The molecule has 1 heterocycles. The molecule has 70 valence electrons. The summed E-state index contributed by atoms with van der Waals surface area (Å²) in [5.74, 6) is -0.371. The summed E-state index contributed by atoms with van der Waals surface area (Å²) in [6.07, 6.45) is 3.12. The number of ether oxygens (including phenoxy) is 1. The van der Waals surface area contributed by atoms with Gasteiger partial charge in [-0.3, -0.25) is 4.98 Å². The Kier molecular flexibility index (Phi) is 3.25. The molecule has 0 saturated heterocycles. The van der Waals surface area contributed by atoms with Gasteiger partial charge < -0.3 is 10.1 Å². The maximum Gasteiger partial charge on any atom is 0.341 e. The van der Waals surface area contributed by atoms with E-state index >= 15 is 0 Å². The Balaban J connectivity index is 2.97. The number of rotatable bonds is 3. The summed E-state index contributed by atoms with van der Waals surface area (Å²) >= 11 is 0. The highest BCUT2D eigenvalue weighted by molar-refractivity contribution is 5.95. The summed E-state index contributed by atoms with van der Waals surface area (Å²) in [6, 6.07) is 1.75. The van der Waals surface area contributed by atoms with Gasteiger partial charge in [-0.2, -0.15) is 0 Å². The summed E-state index contributed by atoms with van der Waals surface area (Å²) < 4.78 is 4.60. The minimum Gasteiger partial charge on any atom is -0.465 e. The first kappa shape index (κ1) is 9.51. The first-order valence-corrected chi connectivity index (χ1v) is 4.05. The molecule has 13 heavy (non-hydrogen) atoms. The van der Waals surface area contributed by atoms with Crippen LogP contribution >= 0.6 is 0 Å². The van der Waals surface area contributed by atoms with Crippen molar-refractivity contribution in [3.8, 4) is 0 Å². The fraction of sp³-hybridized carbons (Fsp3) is 0.333. The average Bonchev–Trinajstić information content (AvgIpc) is 2.18. The second kappa shape index (κ2) is 4.45. The zero-order valence-corrected chi connectivity index (χ0v) is 7.70. The average molecular weight is 180 g/mol. The summed E-state index contributed by atoms with van der Waals surface area (Å²) in [5, 5.41) is 3.05. The van der Waals surface area contributed by atoms with E-state index in [0.29, 0.717) is 5.56 Å². The SMILES string of the molecule is CCNc1ccncc1C(=O)OC. The topological polar surface area (TPSA) is 51.2 Å². The number of nitrogens with one attached hydrogen (secondary N) is 1. The molecule has 0 aliphatic heterocycles. The molecule has 0 amide bonds. The predicted octanol–water partition coefficient (Wildman–Crippen LogP) is 1.30. The molecule has 0 atom stereocenters. The van der Waals surface area contributed by atoms with Crippen LogP contribution in [0.2, 0.25) is 0 Å². The number of pyridine rings is 1. The Morgan fingerprint density at radius 3 is 3.08 bits per heavy atom. The van der Waals surface area contributed by atoms with Crippen LogP contribution in [-0.2, 0) is 4.74 Å². The molecular formula is C9H12N2O2. The number of hydrogen-bond acceptors (Lipinski definition) is 4. The molecule has 1 N–H and O–H groups in total. The third kappa shape index (κ3) is 2.18. The number of carbonyl (C=O) groups excluding carboxylic acids is 1. The summed E-state index contributed by atoms with van der Waals surface area (Å²) in [4.78, 5) is 15.1. The monoisotopic (exact) mass is 180 g/mol. The van der Waals surface area contributed by atoms with Crippen LogP contribution in [0.4, 0.5) is 5.69 Å². The van der Waals surface area contributed by atoms with Crippen molar-refractivity contribution in [2.45, 2.75) is 6.92 Å². The third-order valence-corrected chi connectivity index (χ3v) is 1.59. The van der Waals surface area contributed by atoms with Crippen molar-refractivity contribution >= 4 is 11.7 Å². The highest BCUT2D eigenvalue weighted by Crippen LogP contribution is 2.13. The maximum atomic E-state index is 11.2. The molecule has 0 saturated carbocycles. The Labute approximate surface area is 76.9 Å². The second-order valence-electron chi connectivity index (χ2n) is 2.44. The van der Waals surface area contributed by atoms with E-state index in [1.54, 1.807) is 12.3 Å². The first-order valence-electron chi connectivity index (χ1n) is 4.05. The molecule has 0 radical (unpaired) electrons. The Hall–Kier alpha value is -1.58. The molecule has 4 nitrogen and oxygen atoms in total. The Bertz CT molecular complexity index is 299. The lowest BCUT2D eigenvalue weighted by molar-refractivity contribution is 0.0601. The van der Waals surface area contributed by atoms with E-state index in [-0.39, 0.29) is 5.97 Å². The second-order valence-corrected chi connectivity index (χ2v) is 2.44. The van der Waals surface area contributed by atoms with Crippen LogP contribution in [0.15, 0.2) is 18.5 Å². The molecule has 0 aliphatic rings. The molecule has 0 unspecified atom stereocenters. The number of aromatic nitrogens is 1. The van der Waals surface area contributed by atoms with Gasteiger partial charge in [0.25, 0.3) is 0 Å². The Morgan fingerprint density at radius 1 is 1.69 bits per heavy atom. The standard InChI is InChI=1S/C9H12N2O2/c1-3-11-8-4-5-10-6-7(8)9(12)13-2/h4-6H,3H2,1-2H3,(H,10,11). The highest BCUT2D eigenvalue weighted by Gasteiger charge is 2.10. The number of nitrogens with zero attached hydrogens (tertiary/aromatic N) is 1. The summed E-state index contributed by atoms with van der Waals surface area (Å²) in [6.45, 7) is 2.72. The normalized spacial score (nSPS) is 9.38. The zero-order chi connectivity index (χ0) is 9.68. The number of esters is 1. The van der Waals surface area contributed by atoms with E-state index in [2.05, 4.69) is 15.0 Å². The van der Waals surface area contributed by atoms with E-state index in [9.17, 15) is 4.79 Å². The molecular weight excluding hydrogens is 168 g/mol. The number of anilines is 1. The van der Waals surface area contributed by atoms with Gasteiger partial charge in [-0.1, -0.05) is 0 Å². The lowest BCUT2D eigenvalue weighted by Gasteiger charge is -2.07. The molecule has 0 aliphatic carbocycles. The molecule has 1 rings (SSSR count). The third-order valence-electron chi connectivity index (χ3n) is 1.59. The van der Waals surface area contributed by atoms with Crippen LogP contribution in [0.5, 0.6) is 0 Å². The molecule has 4 heteroatoms. The number of hydrogen-bond donors (Lipinski definition) is 1. The maximum absolute atomic E-state index is 11.2. The van der Waals surface area contributed by atoms with E-state index in [4.69, 9.17) is 0 Å². The zero-order valence-electron chi connectivity index (χ0n) is 7.70.